The maximum absolute atomic E-state index is 13.2. The number of likely N-dealkylation sites (tertiary alicyclic amines) is 1. The molecule has 2 aliphatic heterocycles. The number of carbonyl (C=O) groups excluding carboxylic acids is 1. The van der Waals surface area contributed by atoms with Crippen molar-refractivity contribution in [3.05, 3.63) is 48.2 Å². The quantitative estimate of drug-likeness (QED) is 0.551. The van der Waals surface area contributed by atoms with Crippen LogP contribution in [0.1, 0.15) is 36.0 Å². The Balaban J connectivity index is 1.08. The Bertz CT molecular complexity index is 1020. The van der Waals surface area contributed by atoms with Gasteiger partial charge in [0, 0.05) is 43.0 Å². The van der Waals surface area contributed by atoms with E-state index >= 15 is 0 Å². The highest BCUT2D eigenvalue weighted by atomic mass is 19.4. The van der Waals surface area contributed by atoms with Crippen LogP contribution in [0.3, 0.4) is 0 Å². The normalized spacial score (nSPS) is 20.8. The fourth-order valence-electron chi connectivity index (χ4n) is 5.02. The Kier molecular flexibility index (Phi) is 7.21. The number of amides is 1. The number of nitrogens with zero attached hydrogens (tertiary/aromatic N) is 3. The molecule has 9 heteroatoms. The minimum Gasteiger partial charge on any atom is -0.477 e. The van der Waals surface area contributed by atoms with E-state index in [9.17, 15) is 18.0 Å². The van der Waals surface area contributed by atoms with Crippen LogP contribution in [0, 0.1) is 11.3 Å². The molecule has 6 nitrogen and oxygen atoms in total. The van der Waals surface area contributed by atoms with E-state index in [1.54, 1.807) is 6.20 Å². The maximum atomic E-state index is 13.2. The highest BCUT2D eigenvalue weighted by Crippen LogP contribution is 2.58. The number of halogens is 3. The molecule has 36 heavy (non-hydrogen) atoms. The lowest BCUT2D eigenvalue weighted by molar-refractivity contribution is -0.192. The molecule has 0 unspecified atom stereocenters. The number of hydrogen-bond donors (Lipinski definition) is 0. The second kappa shape index (κ2) is 10.4. The summed E-state index contributed by atoms with van der Waals surface area (Å²) in [7, 11) is 0. The molecule has 1 aromatic heterocycles. The molecule has 0 bridgehead atoms. The standard InChI is InChI=1S/C27H32F3N3O3/c28-27(29,30)26(9-10-26)19-32-11-7-20(8-12-32)18-36-24-6-5-23(17-31-24)21-1-3-22(4-2-21)25(34)33-13-15-35-16-14-33/h1-6,17,20H,7-16,18-19H2. The third-order valence-electron chi connectivity index (χ3n) is 7.66. The summed E-state index contributed by atoms with van der Waals surface area (Å²) in [5.74, 6) is 0.875. The summed E-state index contributed by atoms with van der Waals surface area (Å²) in [5, 5.41) is 0. The van der Waals surface area contributed by atoms with Crippen LogP contribution in [-0.2, 0) is 4.74 Å². The van der Waals surface area contributed by atoms with E-state index in [4.69, 9.17) is 9.47 Å². The average Bonchev–Trinajstić information content (AvgIpc) is 3.70. The molecule has 0 N–H and O–H groups in total. The molecular weight excluding hydrogens is 471 g/mol. The Hall–Kier alpha value is -2.65. The van der Waals surface area contributed by atoms with Gasteiger partial charge in [0.15, 0.2) is 0 Å². The third kappa shape index (κ3) is 5.67. The first-order valence-corrected chi connectivity index (χ1v) is 12.7. The second-order valence-electron chi connectivity index (χ2n) is 10.2. The number of morpholine rings is 1. The molecule has 0 radical (unpaired) electrons. The fraction of sp³-hybridized carbons (Fsp3) is 0.556. The molecule has 3 heterocycles. The van der Waals surface area contributed by atoms with E-state index in [2.05, 4.69) is 4.98 Å². The zero-order chi connectivity index (χ0) is 25.2. The molecule has 0 atom stereocenters. The van der Waals surface area contributed by atoms with Crippen molar-refractivity contribution >= 4 is 5.91 Å². The summed E-state index contributed by atoms with van der Waals surface area (Å²) in [6, 6.07) is 11.3. The summed E-state index contributed by atoms with van der Waals surface area (Å²) < 4.78 is 50.9. The average molecular weight is 504 g/mol. The van der Waals surface area contributed by atoms with E-state index in [0.717, 1.165) is 24.0 Å². The summed E-state index contributed by atoms with van der Waals surface area (Å²) in [4.78, 5) is 20.8. The molecular formula is C27H32F3N3O3. The van der Waals surface area contributed by atoms with Crippen molar-refractivity contribution in [1.82, 2.24) is 14.8 Å². The molecule has 3 aliphatic rings. The zero-order valence-corrected chi connectivity index (χ0v) is 20.3. The molecule has 1 aliphatic carbocycles. The number of ether oxygens (including phenoxy) is 2. The SMILES string of the molecule is O=C(c1ccc(-c2ccc(OCC3CCN(CC4(C(F)(F)F)CC4)CC3)nc2)cc1)N1CCOCC1. The van der Waals surface area contributed by atoms with Gasteiger partial charge in [0.2, 0.25) is 5.88 Å². The summed E-state index contributed by atoms with van der Waals surface area (Å²) in [6.45, 7) is 4.40. The van der Waals surface area contributed by atoms with Gasteiger partial charge in [0.1, 0.15) is 0 Å². The molecule has 2 saturated heterocycles. The molecule has 1 saturated carbocycles. The van der Waals surface area contributed by atoms with Crippen molar-refractivity contribution < 1.29 is 27.4 Å². The highest BCUT2D eigenvalue weighted by Gasteiger charge is 2.63. The largest absolute Gasteiger partial charge is 0.477 e. The van der Waals surface area contributed by atoms with E-state index < -0.39 is 11.6 Å². The molecule has 3 fully saturated rings. The zero-order valence-electron chi connectivity index (χ0n) is 20.3. The molecule has 2 aromatic rings. The van der Waals surface area contributed by atoms with Crippen LogP contribution in [0.2, 0.25) is 0 Å². The van der Waals surface area contributed by atoms with Gasteiger partial charge in [-0.25, -0.2) is 4.98 Å². The molecule has 1 amide bonds. The minimum absolute atomic E-state index is 0.0185. The summed E-state index contributed by atoms with van der Waals surface area (Å²) in [6.07, 6.45) is -0.144. The van der Waals surface area contributed by atoms with Crippen molar-refractivity contribution in [3.8, 4) is 17.0 Å². The molecule has 5 rings (SSSR count). The number of benzene rings is 1. The van der Waals surface area contributed by atoms with Gasteiger partial charge in [-0.2, -0.15) is 13.2 Å². The predicted octanol–water partition coefficient (Wildman–Crippen LogP) is 4.65. The van der Waals surface area contributed by atoms with Gasteiger partial charge in [0.25, 0.3) is 5.91 Å². The van der Waals surface area contributed by atoms with Crippen molar-refractivity contribution in [2.24, 2.45) is 11.3 Å². The van der Waals surface area contributed by atoms with Crippen LogP contribution >= 0.6 is 0 Å². The Morgan fingerprint density at radius 2 is 1.67 bits per heavy atom. The van der Waals surface area contributed by atoms with Crippen LogP contribution in [-0.4, -0.2) is 79.4 Å². The van der Waals surface area contributed by atoms with Crippen LogP contribution in [0.25, 0.3) is 11.1 Å². The van der Waals surface area contributed by atoms with Crippen LogP contribution in [0.4, 0.5) is 13.2 Å². The monoisotopic (exact) mass is 503 g/mol. The first-order valence-electron chi connectivity index (χ1n) is 12.7. The van der Waals surface area contributed by atoms with E-state index in [1.165, 1.54) is 0 Å². The first kappa shape index (κ1) is 25.0. The van der Waals surface area contributed by atoms with Crippen molar-refractivity contribution in [2.45, 2.75) is 31.9 Å². The van der Waals surface area contributed by atoms with Gasteiger partial charge in [-0.1, -0.05) is 12.1 Å². The topological polar surface area (TPSA) is 54.9 Å². The Labute approximate surface area is 209 Å². The lowest BCUT2D eigenvalue weighted by Crippen LogP contribution is -2.43. The van der Waals surface area contributed by atoms with E-state index in [1.807, 2.05) is 46.2 Å². The number of pyridine rings is 1. The van der Waals surface area contributed by atoms with Crippen LogP contribution in [0.5, 0.6) is 5.88 Å². The maximum Gasteiger partial charge on any atom is 0.395 e. The van der Waals surface area contributed by atoms with Crippen molar-refractivity contribution in [2.75, 3.05) is 52.5 Å². The summed E-state index contributed by atoms with van der Waals surface area (Å²) >= 11 is 0. The number of hydrogen-bond acceptors (Lipinski definition) is 5. The van der Waals surface area contributed by atoms with Crippen molar-refractivity contribution in [1.29, 1.82) is 0 Å². The summed E-state index contributed by atoms with van der Waals surface area (Å²) in [5.41, 5.74) is 1.10. The predicted molar refractivity (Wildman–Crippen MR) is 129 cm³/mol. The smallest absolute Gasteiger partial charge is 0.395 e. The Morgan fingerprint density at radius 1 is 1.00 bits per heavy atom. The number of piperidine rings is 1. The fourth-order valence-corrected chi connectivity index (χ4v) is 5.02. The molecule has 0 spiro atoms. The van der Waals surface area contributed by atoms with Gasteiger partial charge >= 0.3 is 6.18 Å². The third-order valence-corrected chi connectivity index (χ3v) is 7.66. The number of rotatable bonds is 7. The molecule has 1 aromatic carbocycles. The lowest BCUT2D eigenvalue weighted by atomic mass is 9.96. The number of aromatic nitrogens is 1. The first-order chi connectivity index (χ1) is 17.3. The Morgan fingerprint density at radius 3 is 2.25 bits per heavy atom. The van der Waals surface area contributed by atoms with Crippen LogP contribution < -0.4 is 4.74 Å². The van der Waals surface area contributed by atoms with Gasteiger partial charge in [-0.15, -0.1) is 0 Å². The minimum atomic E-state index is -4.09. The van der Waals surface area contributed by atoms with Gasteiger partial charge in [-0.05, 0) is 68.5 Å². The molecule has 194 valence electrons. The number of carbonyl (C=O) groups is 1. The van der Waals surface area contributed by atoms with E-state index in [0.29, 0.717) is 63.4 Å². The highest BCUT2D eigenvalue weighted by molar-refractivity contribution is 5.94. The van der Waals surface area contributed by atoms with Gasteiger partial charge in [0.05, 0.1) is 25.2 Å². The van der Waals surface area contributed by atoms with E-state index in [-0.39, 0.29) is 25.3 Å². The van der Waals surface area contributed by atoms with Crippen molar-refractivity contribution in [3.63, 3.8) is 0 Å². The lowest BCUT2D eigenvalue weighted by Gasteiger charge is -2.34. The van der Waals surface area contributed by atoms with Crippen LogP contribution in [0.15, 0.2) is 42.6 Å². The number of alkyl halides is 3. The van der Waals surface area contributed by atoms with Gasteiger partial charge in [-0.3, -0.25) is 4.79 Å². The van der Waals surface area contributed by atoms with Gasteiger partial charge < -0.3 is 19.3 Å². The second-order valence-corrected chi connectivity index (χ2v) is 10.2.